The van der Waals surface area contributed by atoms with Crippen LogP contribution in [0.3, 0.4) is 0 Å². The fourth-order valence-electron chi connectivity index (χ4n) is 1.56. The van der Waals surface area contributed by atoms with Crippen molar-refractivity contribution >= 4 is 5.91 Å². The SMILES string of the molecule is NC(=O)c1cnn2c1CNCCC2. The van der Waals surface area contributed by atoms with E-state index in [1.165, 1.54) is 0 Å². The van der Waals surface area contributed by atoms with E-state index in [0.717, 1.165) is 25.2 Å². The summed E-state index contributed by atoms with van der Waals surface area (Å²) in [7, 11) is 0. The molecule has 0 fully saturated rings. The summed E-state index contributed by atoms with van der Waals surface area (Å²) in [5.74, 6) is -0.398. The van der Waals surface area contributed by atoms with Crippen LogP contribution in [0.1, 0.15) is 22.5 Å². The topological polar surface area (TPSA) is 72.9 Å². The van der Waals surface area contributed by atoms with Gasteiger partial charge >= 0.3 is 0 Å². The van der Waals surface area contributed by atoms with Gasteiger partial charge in [-0.1, -0.05) is 0 Å². The zero-order valence-electron chi connectivity index (χ0n) is 7.29. The van der Waals surface area contributed by atoms with Crippen molar-refractivity contribution in [2.24, 2.45) is 5.73 Å². The number of nitrogens with one attached hydrogen (secondary N) is 1. The number of aryl methyl sites for hydroxylation is 1. The number of amides is 1. The Balaban J connectivity index is 2.39. The predicted molar refractivity (Wildman–Crippen MR) is 47.1 cm³/mol. The minimum absolute atomic E-state index is 0.398. The molecule has 1 aromatic rings. The first-order valence-corrected chi connectivity index (χ1v) is 4.34. The molecule has 0 aromatic carbocycles. The Morgan fingerprint density at radius 1 is 1.69 bits per heavy atom. The smallest absolute Gasteiger partial charge is 0.252 e. The van der Waals surface area contributed by atoms with Gasteiger partial charge in [0.25, 0.3) is 5.91 Å². The molecule has 1 aliphatic rings. The summed E-state index contributed by atoms with van der Waals surface area (Å²) in [6.45, 7) is 2.50. The molecule has 0 unspecified atom stereocenters. The summed E-state index contributed by atoms with van der Waals surface area (Å²) < 4.78 is 1.85. The summed E-state index contributed by atoms with van der Waals surface area (Å²) in [5, 5.41) is 7.33. The molecule has 0 aliphatic carbocycles. The van der Waals surface area contributed by atoms with Gasteiger partial charge in [-0.05, 0) is 13.0 Å². The standard InChI is InChI=1S/C8H12N4O/c9-8(13)6-4-11-12-3-1-2-10-5-7(6)12/h4,10H,1-3,5H2,(H2,9,13). The highest BCUT2D eigenvalue weighted by atomic mass is 16.1. The summed E-state index contributed by atoms with van der Waals surface area (Å²) in [4.78, 5) is 11.0. The van der Waals surface area contributed by atoms with E-state index in [0.29, 0.717) is 12.1 Å². The van der Waals surface area contributed by atoms with Gasteiger partial charge in [-0.25, -0.2) is 0 Å². The van der Waals surface area contributed by atoms with E-state index < -0.39 is 5.91 Å². The molecule has 0 spiro atoms. The fraction of sp³-hybridized carbons (Fsp3) is 0.500. The Morgan fingerprint density at radius 3 is 3.31 bits per heavy atom. The van der Waals surface area contributed by atoms with Crippen LogP contribution in [-0.4, -0.2) is 22.2 Å². The summed E-state index contributed by atoms with van der Waals surface area (Å²) in [6, 6.07) is 0. The van der Waals surface area contributed by atoms with Crippen LogP contribution in [0.15, 0.2) is 6.20 Å². The van der Waals surface area contributed by atoms with Gasteiger partial charge in [-0.3, -0.25) is 9.48 Å². The van der Waals surface area contributed by atoms with Gasteiger partial charge in [0.15, 0.2) is 0 Å². The highest BCUT2D eigenvalue weighted by molar-refractivity contribution is 5.93. The predicted octanol–water partition coefficient (Wildman–Crippen LogP) is -0.525. The number of carbonyl (C=O) groups excluding carboxylic acids is 1. The number of hydrogen-bond donors (Lipinski definition) is 2. The molecule has 70 valence electrons. The largest absolute Gasteiger partial charge is 0.365 e. The average Bonchev–Trinajstić information content (AvgIpc) is 2.36. The van der Waals surface area contributed by atoms with Crippen molar-refractivity contribution < 1.29 is 4.79 Å². The Hall–Kier alpha value is -1.36. The van der Waals surface area contributed by atoms with E-state index in [-0.39, 0.29) is 0 Å². The highest BCUT2D eigenvalue weighted by Crippen LogP contribution is 2.10. The fourth-order valence-corrected chi connectivity index (χ4v) is 1.56. The molecule has 0 radical (unpaired) electrons. The number of carbonyl (C=O) groups is 1. The van der Waals surface area contributed by atoms with Crippen LogP contribution in [0.2, 0.25) is 0 Å². The molecule has 2 rings (SSSR count). The number of hydrogen-bond acceptors (Lipinski definition) is 3. The third-order valence-corrected chi connectivity index (χ3v) is 2.23. The molecule has 2 heterocycles. The molecule has 0 atom stereocenters. The first-order chi connectivity index (χ1) is 6.29. The van der Waals surface area contributed by atoms with Crippen LogP contribution < -0.4 is 11.1 Å². The molecule has 1 amide bonds. The first-order valence-electron chi connectivity index (χ1n) is 4.34. The van der Waals surface area contributed by atoms with Gasteiger partial charge in [0.2, 0.25) is 0 Å². The van der Waals surface area contributed by atoms with Gasteiger partial charge in [0, 0.05) is 13.1 Å². The lowest BCUT2D eigenvalue weighted by Crippen LogP contribution is -2.18. The Kier molecular flexibility index (Phi) is 2.02. The van der Waals surface area contributed by atoms with Gasteiger partial charge < -0.3 is 11.1 Å². The summed E-state index contributed by atoms with van der Waals surface area (Å²) in [6.07, 6.45) is 2.58. The van der Waals surface area contributed by atoms with Gasteiger partial charge in [-0.2, -0.15) is 5.10 Å². The van der Waals surface area contributed by atoms with Crippen LogP contribution in [0.4, 0.5) is 0 Å². The van der Waals surface area contributed by atoms with E-state index >= 15 is 0 Å². The molecule has 13 heavy (non-hydrogen) atoms. The van der Waals surface area contributed by atoms with E-state index in [1.54, 1.807) is 6.20 Å². The Morgan fingerprint density at radius 2 is 2.54 bits per heavy atom. The zero-order valence-corrected chi connectivity index (χ0v) is 7.29. The number of fused-ring (bicyclic) bond motifs is 1. The van der Waals surface area contributed by atoms with E-state index in [1.807, 2.05) is 4.68 Å². The summed E-state index contributed by atoms with van der Waals surface area (Å²) >= 11 is 0. The van der Waals surface area contributed by atoms with Crippen LogP contribution in [0.25, 0.3) is 0 Å². The lowest BCUT2D eigenvalue weighted by Gasteiger charge is -2.01. The van der Waals surface area contributed by atoms with E-state index in [4.69, 9.17) is 5.73 Å². The van der Waals surface area contributed by atoms with Crippen LogP contribution in [-0.2, 0) is 13.1 Å². The van der Waals surface area contributed by atoms with Crippen molar-refractivity contribution in [3.05, 3.63) is 17.5 Å². The highest BCUT2D eigenvalue weighted by Gasteiger charge is 2.16. The second-order valence-corrected chi connectivity index (χ2v) is 3.12. The maximum atomic E-state index is 11.0. The normalized spacial score (nSPS) is 16.3. The Labute approximate surface area is 75.9 Å². The molecule has 0 saturated carbocycles. The second-order valence-electron chi connectivity index (χ2n) is 3.12. The molecule has 1 aromatic heterocycles. The van der Waals surface area contributed by atoms with E-state index in [9.17, 15) is 4.79 Å². The van der Waals surface area contributed by atoms with Crippen molar-refractivity contribution in [3.63, 3.8) is 0 Å². The lowest BCUT2D eigenvalue weighted by molar-refractivity contribution is 0.0999. The number of nitrogens with zero attached hydrogens (tertiary/aromatic N) is 2. The van der Waals surface area contributed by atoms with Gasteiger partial charge in [0.05, 0.1) is 17.5 Å². The van der Waals surface area contributed by atoms with Gasteiger partial charge in [-0.15, -0.1) is 0 Å². The number of primary amides is 1. The van der Waals surface area contributed by atoms with Crippen molar-refractivity contribution in [1.82, 2.24) is 15.1 Å². The molecule has 0 bridgehead atoms. The molecule has 5 heteroatoms. The molecular formula is C8H12N4O. The van der Waals surface area contributed by atoms with Crippen molar-refractivity contribution in [2.75, 3.05) is 6.54 Å². The lowest BCUT2D eigenvalue weighted by atomic mass is 10.2. The van der Waals surface area contributed by atoms with Crippen LogP contribution >= 0.6 is 0 Å². The Bertz CT molecular complexity index is 331. The maximum Gasteiger partial charge on any atom is 0.252 e. The summed E-state index contributed by atoms with van der Waals surface area (Å²) in [5.41, 5.74) is 6.66. The first kappa shape index (κ1) is 8.25. The van der Waals surface area contributed by atoms with Crippen molar-refractivity contribution in [3.8, 4) is 0 Å². The number of rotatable bonds is 1. The van der Waals surface area contributed by atoms with Crippen molar-refractivity contribution in [1.29, 1.82) is 0 Å². The molecular weight excluding hydrogens is 168 g/mol. The molecule has 3 N–H and O–H groups in total. The number of nitrogens with two attached hydrogens (primary N) is 1. The minimum Gasteiger partial charge on any atom is -0.365 e. The molecule has 1 aliphatic heterocycles. The number of aromatic nitrogens is 2. The zero-order chi connectivity index (χ0) is 9.26. The quantitative estimate of drug-likeness (QED) is 0.610. The minimum atomic E-state index is -0.398. The average molecular weight is 180 g/mol. The van der Waals surface area contributed by atoms with E-state index in [2.05, 4.69) is 10.4 Å². The second kappa shape index (κ2) is 3.18. The maximum absolute atomic E-state index is 11.0. The van der Waals surface area contributed by atoms with Crippen molar-refractivity contribution in [2.45, 2.75) is 19.5 Å². The monoisotopic (exact) mass is 180 g/mol. The van der Waals surface area contributed by atoms with Gasteiger partial charge in [0.1, 0.15) is 0 Å². The van der Waals surface area contributed by atoms with Crippen LogP contribution in [0, 0.1) is 0 Å². The van der Waals surface area contributed by atoms with Crippen LogP contribution in [0.5, 0.6) is 0 Å². The molecule has 5 nitrogen and oxygen atoms in total. The third kappa shape index (κ3) is 1.42. The molecule has 0 saturated heterocycles. The third-order valence-electron chi connectivity index (χ3n) is 2.23.